The summed E-state index contributed by atoms with van der Waals surface area (Å²) in [7, 11) is 0. The van der Waals surface area contributed by atoms with Crippen LogP contribution in [0.25, 0.3) is 5.88 Å². The monoisotopic (exact) mass is 278 g/mol. The molecule has 0 amide bonds. The summed E-state index contributed by atoms with van der Waals surface area (Å²) in [5.74, 6) is 1.27. The first-order chi connectivity index (χ1) is 9.75. The van der Waals surface area contributed by atoms with Crippen molar-refractivity contribution in [3.05, 3.63) is 17.1 Å². The van der Waals surface area contributed by atoms with Crippen LogP contribution in [-0.4, -0.2) is 44.6 Å². The molecule has 3 rings (SSSR count). The maximum Gasteiger partial charge on any atom is 0.257 e. The number of nitrogens with one attached hydrogen (secondary N) is 1. The van der Waals surface area contributed by atoms with Crippen molar-refractivity contribution in [1.29, 1.82) is 0 Å². The van der Waals surface area contributed by atoms with Crippen molar-refractivity contribution in [1.82, 2.24) is 30.7 Å². The molecule has 0 saturated carbocycles. The van der Waals surface area contributed by atoms with Gasteiger partial charge in [0.1, 0.15) is 0 Å². The summed E-state index contributed by atoms with van der Waals surface area (Å²) >= 11 is 0. The summed E-state index contributed by atoms with van der Waals surface area (Å²) in [6, 6.07) is 0. The first kappa shape index (κ1) is 13.2. The predicted molar refractivity (Wildman–Crippen MR) is 69.4 cm³/mol. The SMILES string of the molecule is Cc1noc(-n2nnnc2CNCC2CCCO2)c1C. The standard InChI is InChI=1S/C12H18N6O2/c1-8-9(2)15-20-12(8)18-11(14-16-17-18)7-13-6-10-4-3-5-19-10/h10,13H,3-7H2,1-2H3. The Hall–Kier alpha value is -1.80. The van der Waals surface area contributed by atoms with E-state index in [-0.39, 0.29) is 0 Å². The summed E-state index contributed by atoms with van der Waals surface area (Å²) < 4.78 is 12.4. The van der Waals surface area contributed by atoms with Gasteiger partial charge in [-0.25, -0.2) is 0 Å². The Morgan fingerprint density at radius 3 is 3.00 bits per heavy atom. The number of nitrogens with zero attached hydrogens (tertiary/aromatic N) is 5. The van der Waals surface area contributed by atoms with Crippen LogP contribution in [0, 0.1) is 13.8 Å². The normalized spacial score (nSPS) is 18.8. The van der Waals surface area contributed by atoms with E-state index in [2.05, 4.69) is 26.0 Å². The quantitative estimate of drug-likeness (QED) is 0.853. The Bertz CT molecular complexity index is 572. The molecule has 1 fully saturated rings. The maximum atomic E-state index is 5.56. The number of aryl methyl sites for hydroxylation is 1. The van der Waals surface area contributed by atoms with Crippen LogP contribution < -0.4 is 5.32 Å². The Morgan fingerprint density at radius 1 is 1.40 bits per heavy atom. The van der Waals surface area contributed by atoms with Gasteiger partial charge in [0.2, 0.25) is 0 Å². The van der Waals surface area contributed by atoms with Gasteiger partial charge in [-0.05, 0) is 37.1 Å². The lowest BCUT2D eigenvalue weighted by molar-refractivity contribution is 0.109. The summed E-state index contributed by atoms with van der Waals surface area (Å²) in [5, 5.41) is 18.9. The van der Waals surface area contributed by atoms with Gasteiger partial charge in [0, 0.05) is 18.7 Å². The van der Waals surface area contributed by atoms with Crippen LogP contribution in [-0.2, 0) is 11.3 Å². The van der Waals surface area contributed by atoms with E-state index < -0.39 is 0 Å². The minimum atomic E-state index is 0.300. The van der Waals surface area contributed by atoms with Crippen molar-refractivity contribution < 1.29 is 9.26 Å². The number of hydrogen-bond acceptors (Lipinski definition) is 7. The van der Waals surface area contributed by atoms with Crippen molar-refractivity contribution in [2.75, 3.05) is 13.2 Å². The molecule has 8 heteroatoms. The van der Waals surface area contributed by atoms with Crippen LogP contribution in [0.1, 0.15) is 29.9 Å². The van der Waals surface area contributed by atoms with Crippen LogP contribution in [0.3, 0.4) is 0 Å². The van der Waals surface area contributed by atoms with Crippen molar-refractivity contribution in [3.8, 4) is 5.88 Å². The second-order valence-corrected chi connectivity index (χ2v) is 4.97. The highest BCUT2D eigenvalue weighted by Gasteiger charge is 2.18. The Morgan fingerprint density at radius 2 is 2.30 bits per heavy atom. The number of ether oxygens (including phenoxy) is 1. The summed E-state index contributed by atoms with van der Waals surface area (Å²) in [6.45, 7) is 6.06. The summed E-state index contributed by atoms with van der Waals surface area (Å²) in [5.41, 5.74) is 1.78. The van der Waals surface area contributed by atoms with Crippen molar-refractivity contribution >= 4 is 0 Å². The Labute approximate surface area is 116 Å². The molecule has 2 aromatic rings. The average molecular weight is 278 g/mol. The molecule has 1 saturated heterocycles. The van der Waals surface area contributed by atoms with E-state index >= 15 is 0 Å². The molecule has 1 unspecified atom stereocenters. The molecule has 1 atom stereocenters. The van der Waals surface area contributed by atoms with Crippen LogP contribution in [0.15, 0.2) is 4.52 Å². The van der Waals surface area contributed by atoms with Crippen molar-refractivity contribution in [3.63, 3.8) is 0 Å². The van der Waals surface area contributed by atoms with E-state index in [1.54, 1.807) is 4.68 Å². The van der Waals surface area contributed by atoms with E-state index in [1.807, 2.05) is 13.8 Å². The van der Waals surface area contributed by atoms with E-state index in [9.17, 15) is 0 Å². The molecule has 20 heavy (non-hydrogen) atoms. The Balaban J connectivity index is 1.65. The van der Waals surface area contributed by atoms with E-state index in [1.165, 1.54) is 0 Å². The largest absolute Gasteiger partial charge is 0.377 e. The van der Waals surface area contributed by atoms with Crippen LogP contribution in [0.5, 0.6) is 0 Å². The lowest BCUT2D eigenvalue weighted by atomic mass is 10.2. The maximum absolute atomic E-state index is 5.56. The first-order valence-corrected chi connectivity index (χ1v) is 6.78. The van der Waals surface area contributed by atoms with Gasteiger partial charge in [-0.3, -0.25) is 0 Å². The van der Waals surface area contributed by atoms with Gasteiger partial charge >= 0.3 is 0 Å². The van der Waals surface area contributed by atoms with E-state index in [4.69, 9.17) is 9.26 Å². The van der Waals surface area contributed by atoms with Gasteiger partial charge in [-0.15, -0.1) is 5.10 Å². The van der Waals surface area contributed by atoms with Gasteiger partial charge in [0.05, 0.1) is 18.3 Å². The van der Waals surface area contributed by atoms with Crippen molar-refractivity contribution in [2.24, 2.45) is 0 Å². The molecule has 1 aliphatic rings. The molecule has 1 aliphatic heterocycles. The van der Waals surface area contributed by atoms with E-state index in [0.29, 0.717) is 24.4 Å². The predicted octanol–water partition coefficient (Wildman–Crippen LogP) is 0.536. The fraction of sp³-hybridized carbons (Fsp3) is 0.667. The molecule has 0 bridgehead atoms. The Kier molecular flexibility index (Phi) is 3.75. The third kappa shape index (κ3) is 2.56. The highest BCUT2D eigenvalue weighted by Crippen LogP contribution is 2.16. The molecule has 0 spiro atoms. The minimum absolute atomic E-state index is 0.300. The van der Waals surface area contributed by atoms with Gasteiger partial charge in [-0.2, -0.15) is 4.68 Å². The third-order valence-electron chi connectivity index (χ3n) is 3.54. The summed E-state index contributed by atoms with van der Waals surface area (Å²) in [4.78, 5) is 0. The van der Waals surface area contributed by atoms with Crippen LogP contribution in [0.2, 0.25) is 0 Å². The highest BCUT2D eigenvalue weighted by atomic mass is 16.5. The van der Waals surface area contributed by atoms with Crippen molar-refractivity contribution in [2.45, 2.75) is 39.3 Å². The fourth-order valence-electron chi connectivity index (χ4n) is 2.22. The van der Waals surface area contributed by atoms with Gasteiger partial charge in [0.15, 0.2) is 5.82 Å². The van der Waals surface area contributed by atoms with Crippen LogP contribution in [0.4, 0.5) is 0 Å². The lowest BCUT2D eigenvalue weighted by Gasteiger charge is -2.09. The zero-order valence-electron chi connectivity index (χ0n) is 11.7. The molecule has 1 N–H and O–H groups in total. The average Bonchev–Trinajstić information content (AvgIpc) is 3.15. The molecule has 0 aromatic carbocycles. The van der Waals surface area contributed by atoms with Crippen LogP contribution >= 0.6 is 0 Å². The molecular weight excluding hydrogens is 260 g/mol. The van der Waals surface area contributed by atoms with E-state index in [0.717, 1.165) is 37.3 Å². The number of hydrogen-bond donors (Lipinski definition) is 1. The molecule has 108 valence electrons. The molecule has 0 aliphatic carbocycles. The first-order valence-electron chi connectivity index (χ1n) is 6.78. The molecular formula is C12H18N6O2. The fourth-order valence-corrected chi connectivity index (χ4v) is 2.22. The summed E-state index contributed by atoms with van der Waals surface area (Å²) in [6.07, 6.45) is 2.55. The van der Waals surface area contributed by atoms with Gasteiger partial charge in [0.25, 0.3) is 5.88 Å². The smallest absolute Gasteiger partial charge is 0.257 e. The highest BCUT2D eigenvalue weighted by molar-refractivity contribution is 5.31. The zero-order chi connectivity index (χ0) is 13.9. The zero-order valence-corrected chi connectivity index (χ0v) is 11.7. The topological polar surface area (TPSA) is 90.9 Å². The molecule has 3 heterocycles. The molecule has 2 aromatic heterocycles. The molecule has 8 nitrogen and oxygen atoms in total. The number of rotatable bonds is 5. The third-order valence-corrected chi connectivity index (χ3v) is 3.54. The second-order valence-electron chi connectivity index (χ2n) is 4.97. The minimum Gasteiger partial charge on any atom is -0.377 e. The number of aromatic nitrogens is 5. The molecule has 0 radical (unpaired) electrons. The lowest BCUT2D eigenvalue weighted by Crippen LogP contribution is -2.27. The second kappa shape index (κ2) is 5.68. The van der Waals surface area contributed by atoms with Gasteiger partial charge < -0.3 is 14.6 Å². The van der Waals surface area contributed by atoms with Gasteiger partial charge in [-0.1, -0.05) is 5.16 Å². The number of tetrazole rings is 1.